The van der Waals surface area contributed by atoms with Crippen LogP contribution in [0.1, 0.15) is 82.4 Å². The molecule has 4 aromatic carbocycles. The number of hydrogen-bond donors (Lipinski definition) is 0. The van der Waals surface area contributed by atoms with Crippen molar-refractivity contribution in [3.05, 3.63) is 113 Å². The molecule has 1 aliphatic carbocycles. The summed E-state index contributed by atoms with van der Waals surface area (Å²) in [5.41, 5.74) is 7.62. The molecule has 3 heteroatoms. The molecule has 2 nitrogen and oxygen atoms in total. The SMILES string of the molecule is CCN(CC)c1ccc(C=CC2=[N+](CCCCC3CCCC3)c3ccc4ccccc4c3C2(C)Cc2ccccc2)c(Cl)c1. The minimum absolute atomic E-state index is 0.187. The summed E-state index contributed by atoms with van der Waals surface area (Å²) in [6, 6.07) is 31.2. The van der Waals surface area contributed by atoms with Crippen LogP contribution in [0.25, 0.3) is 16.8 Å². The summed E-state index contributed by atoms with van der Waals surface area (Å²) >= 11 is 6.94. The second-order valence-electron chi connectivity index (χ2n) is 13.1. The average Bonchev–Trinajstić information content (AvgIpc) is 3.64. The Kier molecular flexibility index (Phi) is 9.57. The lowest BCUT2D eigenvalue weighted by molar-refractivity contribution is -0.438. The van der Waals surface area contributed by atoms with E-state index in [1.807, 2.05) is 0 Å². The van der Waals surface area contributed by atoms with E-state index in [2.05, 4.69) is 127 Å². The minimum Gasteiger partial charge on any atom is -0.372 e. The van der Waals surface area contributed by atoms with E-state index in [0.29, 0.717) is 0 Å². The topological polar surface area (TPSA) is 6.25 Å². The molecule has 6 rings (SSSR count). The normalized spacial score (nSPS) is 18.5. The maximum absolute atomic E-state index is 6.94. The number of hydrogen-bond acceptors (Lipinski definition) is 1. The molecule has 1 fully saturated rings. The maximum Gasteiger partial charge on any atom is 0.210 e. The molecule has 0 N–H and O–H groups in total. The molecule has 44 heavy (non-hydrogen) atoms. The van der Waals surface area contributed by atoms with Gasteiger partial charge >= 0.3 is 0 Å². The van der Waals surface area contributed by atoms with Crippen LogP contribution in [0.3, 0.4) is 0 Å². The highest BCUT2D eigenvalue weighted by Gasteiger charge is 2.48. The van der Waals surface area contributed by atoms with Gasteiger partial charge in [0.05, 0.1) is 5.41 Å². The summed E-state index contributed by atoms with van der Waals surface area (Å²) in [5.74, 6) is 0.943. The number of allylic oxidation sites excluding steroid dienone is 1. The van der Waals surface area contributed by atoms with Crippen LogP contribution in [0, 0.1) is 5.92 Å². The van der Waals surface area contributed by atoms with Crippen molar-refractivity contribution in [1.82, 2.24) is 0 Å². The van der Waals surface area contributed by atoms with Crippen LogP contribution in [0.5, 0.6) is 0 Å². The van der Waals surface area contributed by atoms with Gasteiger partial charge in [-0.05, 0) is 85.7 Å². The molecule has 4 aromatic rings. The Bertz CT molecular complexity index is 1640. The van der Waals surface area contributed by atoms with Gasteiger partial charge in [0.2, 0.25) is 5.69 Å². The van der Waals surface area contributed by atoms with Crippen molar-refractivity contribution in [3.8, 4) is 0 Å². The van der Waals surface area contributed by atoms with Gasteiger partial charge in [-0.15, -0.1) is 0 Å². The zero-order valence-corrected chi connectivity index (χ0v) is 27.6. The van der Waals surface area contributed by atoms with Crippen molar-refractivity contribution in [2.75, 3.05) is 24.5 Å². The molecule has 0 spiro atoms. The Balaban J connectivity index is 1.43. The largest absolute Gasteiger partial charge is 0.372 e. The van der Waals surface area contributed by atoms with Gasteiger partial charge in [0.1, 0.15) is 6.54 Å². The van der Waals surface area contributed by atoms with Crippen LogP contribution < -0.4 is 4.90 Å². The fraction of sp³-hybridized carbons (Fsp3) is 0.390. The third-order valence-electron chi connectivity index (χ3n) is 10.3. The van der Waals surface area contributed by atoms with Gasteiger partial charge in [-0.3, -0.25) is 0 Å². The van der Waals surface area contributed by atoms with Gasteiger partial charge in [0.25, 0.3) is 0 Å². The zero-order chi connectivity index (χ0) is 30.5. The molecule has 1 atom stereocenters. The number of benzene rings is 4. The third-order valence-corrected chi connectivity index (χ3v) is 10.6. The van der Waals surface area contributed by atoms with E-state index in [0.717, 1.165) is 42.6 Å². The Hall–Kier alpha value is -3.36. The van der Waals surface area contributed by atoms with Crippen LogP contribution in [0.4, 0.5) is 11.4 Å². The van der Waals surface area contributed by atoms with Crippen molar-refractivity contribution in [2.24, 2.45) is 5.92 Å². The molecule has 1 unspecified atom stereocenters. The van der Waals surface area contributed by atoms with E-state index in [4.69, 9.17) is 11.6 Å². The van der Waals surface area contributed by atoms with Crippen molar-refractivity contribution in [2.45, 2.75) is 77.6 Å². The van der Waals surface area contributed by atoms with Crippen molar-refractivity contribution < 1.29 is 4.58 Å². The predicted octanol–water partition coefficient (Wildman–Crippen LogP) is 11.0. The molecule has 1 saturated carbocycles. The molecule has 0 radical (unpaired) electrons. The number of nitrogens with zero attached hydrogens (tertiary/aromatic N) is 2. The van der Waals surface area contributed by atoms with Gasteiger partial charge in [-0.1, -0.05) is 104 Å². The number of halogens is 1. The Labute approximate surface area is 270 Å². The second kappa shape index (κ2) is 13.7. The van der Waals surface area contributed by atoms with Gasteiger partial charge in [-0.25, -0.2) is 0 Å². The molecule has 0 amide bonds. The van der Waals surface area contributed by atoms with Crippen molar-refractivity contribution in [3.63, 3.8) is 0 Å². The van der Waals surface area contributed by atoms with Gasteiger partial charge in [0, 0.05) is 47.9 Å². The summed E-state index contributed by atoms with van der Waals surface area (Å²) in [5, 5.41) is 3.48. The first-order valence-corrected chi connectivity index (χ1v) is 17.3. The second-order valence-corrected chi connectivity index (χ2v) is 13.5. The smallest absolute Gasteiger partial charge is 0.210 e. The lowest BCUT2D eigenvalue weighted by Crippen LogP contribution is -2.34. The summed E-state index contributed by atoms with van der Waals surface area (Å²) in [6.45, 7) is 9.84. The minimum atomic E-state index is -0.187. The maximum atomic E-state index is 6.94. The molecule has 228 valence electrons. The highest BCUT2D eigenvalue weighted by molar-refractivity contribution is 6.32. The molecule has 2 aliphatic rings. The Morgan fingerprint density at radius 3 is 2.36 bits per heavy atom. The van der Waals surface area contributed by atoms with Gasteiger partial charge < -0.3 is 4.90 Å². The summed E-state index contributed by atoms with van der Waals surface area (Å²) in [7, 11) is 0. The van der Waals surface area contributed by atoms with Crippen LogP contribution in [0.2, 0.25) is 5.02 Å². The molecule has 0 aromatic heterocycles. The molecular formula is C41H48ClN2+. The standard InChI is InChI=1S/C41H48ClN2/c1-4-43(5-2)35-25-22-34(37(42)29-35)24-27-39-41(3,30-32-18-7-6-8-19-32)40-36-21-12-11-20-33(36)23-26-38(40)44(39)28-14-13-17-31-15-9-10-16-31/h6-8,11-12,18-27,29,31H,4-5,9-10,13-17,28,30H2,1-3H3/q+1. The van der Waals surface area contributed by atoms with E-state index in [9.17, 15) is 0 Å². The van der Waals surface area contributed by atoms with Crippen LogP contribution >= 0.6 is 11.6 Å². The molecular weight excluding hydrogens is 556 g/mol. The first-order valence-electron chi connectivity index (χ1n) is 17.0. The lowest BCUT2D eigenvalue weighted by Gasteiger charge is -2.24. The highest BCUT2D eigenvalue weighted by atomic mass is 35.5. The molecule has 1 aliphatic heterocycles. The lowest BCUT2D eigenvalue weighted by atomic mass is 9.73. The first-order chi connectivity index (χ1) is 21.5. The van der Waals surface area contributed by atoms with Crippen LogP contribution in [-0.4, -0.2) is 29.9 Å². The van der Waals surface area contributed by atoms with E-state index in [-0.39, 0.29) is 5.41 Å². The van der Waals surface area contributed by atoms with E-state index < -0.39 is 0 Å². The molecule has 0 saturated heterocycles. The van der Waals surface area contributed by atoms with Crippen LogP contribution in [-0.2, 0) is 11.8 Å². The fourth-order valence-electron chi connectivity index (χ4n) is 7.93. The van der Waals surface area contributed by atoms with Crippen LogP contribution in [0.15, 0.2) is 91.0 Å². The molecule has 0 bridgehead atoms. The molecule has 1 heterocycles. The van der Waals surface area contributed by atoms with E-state index >= 15 is 0 Å². The summed E-state index contributed by atoms with van der Waals surface area (Å²) in [4.78, 5) is 2.34. The van der Waals surface area contributed by atoms with Gasteiger partial charge in [0.15, 0.2) is 5.71 Å². The number of rotatable bonds is 12. The fourth-order valence-corrected chi connectivity index (χ4v) is 8.16. The number of fused-ring (bicyclic) bond motifs is 3. The average molecular weight is 604 g/mol. The highest BCUT2D eigenvalue weighted by Crippen LogP contribution is 2.46. The monoisotopic (exact) mass is 603 g/mol. The zero-order valence-electron chi connectivity index (χ0n) is 26.9. The Morgan fingerprint density at radius 2 is 1.61 bits per heavy atom. The summed E-state index contributed by atoms with van der Waals surface area (Å²) < 4.78 is 2.65. The number of anilines is 1. The van der Waals surface area contributed by atoms with E-state index in [1.54, 1.807) is 0 Å². The summed E-state index contributed by atoms with van der Waals surface area (Å²) in [6.07, 6.45) is 15.2. The van der Waals surface area contributed by atoms with Crippen molar-refractivity contribution in [1.29, 1.82) is 0 Å². The Morgan fingerprint density at radius 1 is 0.864 bits per heavy atom. The quantitative estimate of drug-likeness (QED) is 0.115. The van der Waals surface area contributed by atoms with Crippen molar-refractivity contribution >= 4 is 45.5 Å². The number of unbranched alkanes of at least 4 members (excludes halogenated alkanes) is 1. The third kappa shape index (κ3) is 6.24. The van der Waals surface area contributed by atoms with E-state index in [1.165, 1.54) is 83.9 Å². The van der Waals surface area contributed by atoms with Gasteiger partial charge in [-0.2, -0.15) is 4.58 Å². The predicted molar refractivity (Wildman–Crippen MR) is 191 cm³/mol. The first kappa shape index (κ1) is 30.7.